The van der Waals surface area contributed by atoms with Gasteiger partial charge in [0.25, 0.3) is 0 Å². The molecule has 3 saturated heterocycles. The molecule has 39 heavy (non-hydrogen) atoms. The molecular formula is C27H34EsN4O6Se-. The van der Waals surface area contributed by atoms with E-state index in [4.69, 9.17) is 4.74 Å². The van der Waals surface area contributed by atoms with Gasteiger partial charge in [0.05, 0.1) is 13.2 Å². The minimum atomic E-state index is -0.779. The monoisotopic (exact) mass is 842 g/mol. The molecule has 10 nitrogen and oxygen atoms in total. The van der Waals surface area contributed by atoms with Gasteiger partial charge in [-0.1, -0.05) is 0 Å². The van der Waals surface area contributed by atoms with Crippen molar-refractivity contribution in [2.45, 2.75) is 75.8 Å². The molecular weight excluding hydrogens is 807 g/mol. The molecule has 3 heterocycles. The van der Waals surface area contributed by atoms with Crippen LogP contribution in [0.2, 0.25) is 0 Å². The summed E-state index contributed by atoms with van der Waals surface area (Å²) in [4.78, 5) is 74.0. The van der Waals surface area contributed by atoms with Gasteiger partial charge in [-0.05, 0) is 0 Å². The first-order valence-electron chi connectivity index (χ1n) is 13.8. The number of likely N-dealkylation sites (N-methyl/N-ethyl adjacent to an activating group) is 1. The molecule has 6 aliphatic rings. The van der Waals surface area contributed by atoms with E-state index >= 15 is 0 Å². The van der Waals surface area contributed by atoms with Crippen molar-refractivity contribution in [3.63, 3.8) is 0 Å². The Labute approximate surface area is 230 Å². The van der Waals surface area contributed by atoms with Crippen molar-refractivity contribution >= 4 is 45.8 Å². The van der Waals surface area contributed by atoms with E-state index in [1.807, 2.05) is 0 Å². The van der Waals surface area contributed by atoms with E-state index in [9.17, 15) is 24.0 Å². The number of barbiturate groups is 1. The van der Waals surface area contributed by atoms with E-state index in [1.165, 1.54) is 14.7 Å². The van der Waals surface area contributed by atoms with E-state index in [0.717, 1.165) is 38.5 Å². The Morgan fingerprint density at radius 3 is 2.10 bits per heavy atom. The van der Waals surface area contributed by atoms with E-state index in [1.54, 1.807) is 11.9 Å². The summed E-state index contributed by atoms with van der Waals surface area (Å²) in [6.07, 6.45) is 8.17. The van der Waals surface area contributed by atoms with Crippen LogP contribution in [0.25, 0.3) is 0 Å². The van der Waals surface area contributed by atoms with Gasteiger partial charge in [-0.25, -0.2) is 4.79 Å². The maximum absolute atomic E-state index is 13.5. The van der Waals surface area contributed by atoms with E-state index in [0.29, 0.717) is 52.0 Å². The summed E-state index contributed by atoms with van der Waals surface area (Å²) in [5.74, 6) is -0.703. The standard InChI is InChI=1S/C27H34N4O6Se.Es/c1-28-23(34)27(30(24(28)35)11-18-12-37-13-18)15-26(16-27)8-6-19(7-9-26)31-22(33)20(14-38)21(32)29(25(31)36)10-17-4-2-3-5-17;/h17-19H,2-13,15-16H2,1H3;/q-1;. The summed E-state index contributed by atoms with van der Waals surface area (Å²) in [5, 5.41) is 0. The fraction of sp³-hybridized carbons (Fsp3) is 0.741. The fourth-order valence-electron chi connectivity index (χ4n) is 7.81. The Kier molecular flexibility index (Phi) is 6.84. The van der Waals surface area contributed by atoms with Gasteiger partial charge < -0.3 is 4.74 Å². The Balaban J connectivity index is 0.00000308. The number of imide groups is 3. The van der Waals surface area contributed by atoms with Crippen LogP contribution in [-0.2, 0) is 19.1 Å². The number of hydrogen-bond acceptors (Lipinski definition) is 6. The molecule has 0 aromatic heterocycles. The van der Waals surface area contributed by atoms with Crippen LogP contribution < -0.4 is 0 Å². The van der Waals surface area contributed by atoms with Gasteiger partial charge in [0.15, 0.2) is 0 Å². The van der Waals surface area contributed by atoms with Crippen LogP contribution in [0.15, 0.2) is 5.57 Å². The predicted molar refractivity (Wildman–Crippen MR) is 134 cm³/mol. The van der Waals surface area contributed by atoms with Crippen molar-refractivity contribution in [3.8, 4) is 0 Å². The number of nitrogens with zero attached hydrogens (tertiary/aromatic N) is 4. The van der Waals surface area contributed by atoms with Crippen molar-refractivity contribution in [2.75, 3.05) is 33.4 Å². The van der Waals surface area contributed by atoms with Gasteiger partial charge in [0.2, 0.25) is 0 Å². The summed E-state index contributed by atoms with van der Waals surface area (Å²) >= 11 is 2.55. The number of rotatable bonds is 5. The third kappa shape index (κ3) is 4.07. The molecule has 0 bridgehead atoms. The summed E-state index contributed by atoms with van der Waals surface area (Å²) in [6.45, 7) is 2.12. The summed E-state index contributed by atoms with van der Waals surface area (Å²) in [5.41, 5.74) is -0.964. The van der Waals surface area contributed by atoms with Crippen LogP contribution in [0.3, 0.4) is 0 Å². The van der Waals surface area contributed by atoms with Crippen molar-refractivity contribution in [2.24, 2.45) is 17.3 Å². The second kappa shape index (κ2) is 9.75. The molecule has 0 unspecified atom stereocenters. The average molecular weight is 842 g/mol. The molecule has 0 aromatic carbocycles. The molecule has 2 spiro atoms. The Hall–Kier alpha value is -3.23. The molecule has 216 valence electrons. The van der Waals surface area contributed by atoms with E-state index in [2.05, 4.69) is 21.0 Å². The topological polar surface area (TPSA) is 108 Å². The zero-order valence-electron chi connectivity index (χ0n) is 22.1. The quantitative estimate of drug-likeness (QED) is 0.138. The molecule has 3 aliphatic heterocycles. The second-order valence-corrected chi connectivity index (χ2v) is 12.7. The van der Waals surface area contributed by atoms with Crippen LogP contribution in [-0.4, -0.2) is 110 Å². The second-order valence-electron chi connectivity index (χ2n) is 12.3. The Morgan fingerprint density at radius 1 is 0.897 bits per heavy atom. The van der Waals surface area contributed by atoms with Gasteiger partial charge in [-0.15, -0.1) is 0 Å². The fourth-order valence-corrected chi connectivity index (χ4v) is 8.18. The smallest absolute Gasteiger partial charge is 0 e. The van der Waals surface area contributed by atoms with Crippen LogP contribution in [0, 0.1) is 22.2 Å². The molecule has 3 saturated carbocycles. The molecule has 12 heteroatoms. The normalized spacial score (nSPS) is 34.9. The Morgan fingerprint density at radius 2 is 1.54 bits per heavy atom. The van der Waals surface area contributed by atoms with Crippen LogP contribution >= 0.6 is 0 Å². The van der Waals surface area contributed by atoms with Crippen LogP contribution in [0.5, 0.6) is 0 Å². The average Bonchev–Trinajstić information content (AvgIpc) is 3.43. The maximum atomic E-state index is 13.5. The van der Waals surface area contributed by atoms with Gasteiger partial charge in [0, 0.05) is 13.0 Å². The first kappa shape index (κ1) is 27.3. The zero-order chi connectivity index (χ0) is 26.8. The van der Waals surface area contributed by atoms with Crippen molar-refractivity contribution < 1.29 is 28.7 Å². The third-order valence-electron chi connectivity index (χ3n) is 9.95. The minimum Gasteiger partial charge on any atom is 0 e. The summed E-state index contributed by atoms with van der Waals surface area (Å²) in [7, 11) is 1.56. The number of amides is 7. The van der Waals surface area contributed by atoms with Crippen molar-refractivity contribution in [1.29, 1.82) is 0 Å². The van der Waals surface area contributed by atoms with Gasteiger partial charge >= 0.3 is 195 Å². The first-order valence-corrected chi connectivity index (χ1v) is 14.7. The minimum absolute atomic E-state index is 0. The molecule has 0 atom stereocenters. The predicted octanol–water partition coefficient (Wildman–Crippen LogP) is 1.82. The zero-order valence-corrected chi connectivity index (χ0v) is 26.3. The van der Waals surface area contributed by atoms with Crippen molar-refractivity contribution in [3.05, 3.63) is 10.5 Å². The number of urea groups is 2. The molecule has 2 radical (unpaired) electrons. The van der Waals surface area contributed by atoms with E-state index < -0.39 is 23.4 Å². The van der Waals surface area contributed by atoms with Gasteiger partial charge in [0.1, 0.15) is 0 Å². The number of carbonyl (C=O) groups excluding carboxylic acids is 5. The van der Waals surface area contributed by atoms with E-state index in [-0.39, 0.29) is 40.8 Å². The summed E-state index contributed by atoms with van der Waals surface area (Å²) < 4.78 is 5.29. The molecule has 6 fully saturated rings. The van der Waals surface area contributed by atoms with Gasteiger partial charge in [-0.2, -0.15) is 0 Å². The van der Waals surface area contributed by atoms with Crippen molar-refractivity contribution in [1.82, 2.24) is 19.6 Å². The Bertz CT molecular complexity index is 1100. The summed E-state index contributed by atoms with van der Waals surface area (Å²) in [6, 6.07) is -1.04. The molecule has 3 aliphatic carbocycles. The molecule has 0 aromatic rings. The van der Waals surface area contributed by atoms with Crippen LogP contribution in [0.4, 0.5) is 9.59 Å². The molecule has 0 N–H and O–H groups in total. The van der Waals surface area contributed by atoms with Gasteiger partial charge in [-0.3, -0.25) is 0 Å². The number of carbonyl (C=O) groups is 5. The molecule has 7 amide bonds. The number of ether oxygens (including phenoxy) is 1. The number of hydrogen-bond donors (Lipinski definition) is 0. The third-order valence-corrected chi connectivity index (χ3v) is 10.4. The SMILES string of the molecule is CN1C(=O)N(CC2COC2)C2(CC3(CCC(N4C(=O)C(=[C-][Se])C(=O)N(CC5CCCC5)C4=O)CC3)C2)C1=O.[Es]. The first-order chi connectivity index (χ1) is 18.2. The molecule has 6 rings (SSSR count). The van der Waals surface area contributed by atoms with Crippen LogP contribution in [0.1, 0.15) is 64.2 Å².